The number of carbonyl (C=O) groups excluding carboxylic acids is 1. The van der Waals surface area contributed by atoms with Gasteiger partial charge >= 0.3 is 0 Å². The molecule has 0 aliphatic heterocycles. The summed E-state index contributed by atoms with van der Waals surface area (Å²) in [4.78, 5) is 14.9. The summed E-state index contributed by atoms with van der Waals surface area (Å²) in [7, 11) is 0. The Hall–Kier alpha value is -1.16. The van der Waals surface area contributed by atoms with E-state index >= 15 is 0 Å². The highest BCUT2D eigenvalue weighted by Crippen LogP contribution is 2.16. The van der Waals surface area contributed by atoms with Crippen LogP contribution in [0.2, 0.25) is 0 Å². The summed E-state index contributed by atoms with van der Waals surface area (Å²) < 4.78 is 2.92. The van der Waals surface area contributed by atoms with Crippen LogP contribution in [0.15, 0.2) is 22.8 Å². The fourth-order valence-corrected chi connectivity index (χ4v) is 1.85. The molecule has 0 fully saturated rings. The van der Waals surface area contributed by atoms with E-state index in [-0.39, 0.29) is 0 Å². The highest BCUT2D eigenvalue weighted by molar-refractivity contribution is 9.10. The summed E-state index contributed by atoms with van der Waals surface area (Å²) in [6.07, 6.45) is 3.23. The van der Waals surface area contributed by atoms with Gasteiger partial charge in [-0.15, -0.1) is 0 Å². The van der Waals surface area contributed by atoms with Crippen LogP contribution in [0.25, 0.3) is 5.65 Å². The van der Waals surface area contributed by atoms with Crippen molar-refractivity contribution in [2.24, 2.45) is 0 Å². The topological polar surface area (TPSA) is 34.4 Å². The Labute approximate surface area is 89.9 Å². The van der Waals surface area contributed by atoms with Crippen molar-refractivity contribution in [2.75, 3.05) is 0 Å². The van der Waals surface area contributed by atoms with Crippen molar-refractivity contribution < 1.29 is 4.79 Å². The summed E-state index contributed by atoms with van der Waals surface area (Å²) in [6.45, 7) is 1.92. The fraction of sp³-hybridized carbons (Fsp3) is 0.200. The predicted molar refractivity (Wildman–Crippen MR) is 57.4 cm³/mol. The van der Waals surface area contributed by atoms with Gasteiger partial charge < -0.3 is 9.20 Å². The molecule has 0 aliphatic carbocycles. The number of hydrogen-bond donors (Lipinski definition) is 0. The van der Waals surface area contributed by atoms with Crippen molar-refractivity contribution in [1.29, 1.82) is 0 Å². The lowest BCUT2D eigenvalue weighted by Gasteiger charge is -1.98. The Bertz CT molecular complexity index is 490. The lowest BCUT2D eigenvalue weighted by atomic mass is 10.3. The number of hydrogen-bond acceptors (Lipinski definition) is 2. The Morgan fingerprint density at radius 2 is 2.36 bits per heavy atom. The van der Waals surface area contributed by atoms with E-state index < -0.39 is 0 Å². The molecule has 14 heavy (non-hydrogen) atoms. The van der Waals surface area contributed by atoms with Gasteiger partial charge in [-0.05, 0) is 35.0 Å². The van der Waals surface area contributed by atoms with E-state index in [4.69, 9.17) is 0 Å². The number of nitrogens with zero attached hydrogens (tertiary/aromatic N) is 2. The average Bonchev–Trinajstić information content (AvgIpc) is 2.45. The zero-order valence-electron chi connectivity index (χ0n) is 7.70. The maximum absolute atomic E-state index is 10.5. The molecule has 2 heterocycles. The highest BCUT2D eigenvalue weighted by atomic mass is 79.9. The molecular weight excluding hydrogens is 244 g/mol. The lowest BCUT2D eigenvalue weighted by Crippen LogP contribution is -1.95. The van der Waals surface area contributed by atoms with Gasteiger partial charge in [0.05, 0.1) is 11.4 Å². The van der Waals surface area contributed by atoms with Crippen molar-refractivity contribution in [1.82, 2.24) is 9.38 Å². The van der Waals surface area contributed by atoms with E-state index in [1.54, 1.807) is 0 Å². The smallest absolute Gasteiger partial charge is 0.137 e. The van der Waals surface area contributed by atoms with Crippen molar-refractivity contribution in [2.45, 2.75) is 13.3 Å². The minimum absolute atomic E-state index is 0.406. The summed E-state index contributed by atoms with van der Waals surface area (Å²) in [6, 6.07) is 3.86. The number of rotatable bonds is 2. The first kappa shape index (κ1) is 9.40. The van der Waals surface area contributed by atoms with Gasteiger partial charge in [-0.1, -0.05) is 0 Å². The van der Waals surface area contributed by atoms with Crippen molar-refractivity contribution in [3.05, 3.63) is 34.2 Å². The molecule has 0 saturated carbocycles. The first-order valence-corrected chi connectivity index (χ1v) is 5.08. The minimum atomic E-state index is 0.406. The van der Waals surface area contributed by atoms with Crippen LogP contribution < -0.4 is 0 Å². The van der Waals surface area contributed by atoms with Crippen LogP contribution in [0.5, 0.6) is 0 Å². The molecule has 0 aliphatic rings. The molecule has 0 N–H and O–H groups in total. The normalized spacial score (nSPS) is 10.7. The SMILES string of the molecule is Cc1nc2ccc(Br)cn2c1CC=O. The molecule has 0 aromatic carbocycles. The van der Waals surface area contributed by atoms with E-state index in [9.17, 15) is 4.79 Å². The quantitative estimate of drug-likeness (QED) is 0.768. The molecule has 72 valence electrons. The molecule has 0 bridgehead atoms. The Kier molecular flexibility index (Phi) is 2.37. The standard InChI is InChI=1S/C10H9BrN2O/c1-7-9(4-5-14)13-6-8(11)2-3-10(13)12-7/h2-3,5-6H,4H2,1H3. The van der Waals surface area contributed by atoms with Gasteiger partial charge in [-0.2, -0.15) is 0 Å². The molecule has 0 spiro atoms. The summed E-state index contributed by atoms with van der Waals surface area (Å²) in [5, 5.41) is 0. The fourth-order valence-electron chi connectivity index (χ4n) is 1.51. The average molecular weight is 253 g/mol. The number of pyridine rings is 1. The number of aldehydes is 1. The van der Waals surface area contributed by atoms with Gasteiger partial charge in [0.2, 0.25) is 0 Å². The monoisotopic (exact) mass is 252 g/mol. The zero-order chi connectivity index (χ0) is 10.1. The van der Waals surface area contributed by atoms with Gasteiger partial charge in [0, 0.05) is 17.1 Å². The van der Waals surface area contributed by atoms with E-state index in [1.165, 1.54) is 0 Å². The number of aromatic nitrogens is 2. The van der Waals surface area contributed by atoms with Crippen molar-refractivity contribution >= 4 is 27.9 Å². The van der Waals surface area contributed by atoms with Crippen LogP contribution in [0, 0.1) is 6.92 Å². The second-order valence-electron chi connectivity index (χ2n) is 3.09. The number of carbonyl (C=O) groups is 1. The first-order valence-electron chi connectivity index (χ1n) is 4.29. The molecule has 2 rings (SSSR count). The second kappa shape index (κ2) is 3.53. The van der Waals surface area contributed by atoms with Crippen LogP contribution in [0.1, 0.15) is 11.4 Å². The van der Waals surface area contributed by atoms with Gasteiger partial charge in [0.25, 0.3) is 0 Å². The first-order chi connectivity index (χ1) is 6.72. The molecule has 4 heteroatoms. The maximum atomic E-state index is 10.5. The third-order valence-electron chi connectivity index (χ3n) is 2.16. The number of fused-ring (bicyclic) bond motifs is 1. The molecule has 2 aromatic heterocycles. The summed E-state index contributed by atoms with van der Waals surface area (Å²) in [5.41, 5.74) is 2.74. The minimum Gasteiger partial charge on any atom is -0.303 e. The number of imidazole rings is 1. The zero-order valence-corrected chi connectivity index (χ0v) is 9.28. The molecule has 0 amide bonds. The van der Waals surface area contributed by atoms with Gasteiger partial charge in [-0.25, -0.2) is 4.98 Å². The van der Waals surface area contributed by atoms with Crippen LogP contribution in [-0.4, -0.2) is 15.7 Å². The summed E-state index contributed by atoms with van der Waals surface area (Å²) >= 11 is 3.39. The van der Waals surface area contributed by atoms with Crippen LogP contribution >= 0.6 is 15.9 Å². The number of halogens is 1. The largest absolute Gasteiger partial charge is 0.303 e. The van der Waals surface area contributed by atoms with Crippen molar-refractivity contribution in [3.8, 4) is 0 Å². The van der Waals surface area contributed by atoms with Crippen LogP contribution in [0.4, 0.5) is 0 Å². The van der Waals surface area contributed by atoms with E-state index in [1.807, 2.05) is 29.7 Å². The lowest BCUT2D eigenvalue weighted by molar-refractivity contribution is -0.107. The van der Waals surface area contributed by atoms with Gasteiger partial charge in [0.1, 0.15) is 11.9 Å². The van der Waals surface area contributed by atoms with Gasteiger partial charge in [0.15, 0.2) is 0 Å². The molecule has 0 radical (unpaired) electrons. The van der Waals surface area contributed by atoms with Crippen LogP contribution in [0.3, 0.4) is 0 Å². The molecule has 0 unspecified atom stereocenters. The van der Waals surface area contributed by atoms with Crippen molar-refractivity contribution in [3.63, 3.8) is 0 Å². The Balaban J connectivity index is 2.72. The Morgan fingerprint density at radius 1 is 1.57 bits per heavy atom. The Morgan fingerprint density at radius 3 is 3.07 bits per heavy atom. The maximum Gasteiger partial charge on any atom is 0.137 e. The molecular formula is C10H9BrN2O. The molecule has 0 atom stereocenters. The van der Waals surface area contributed by atoms with E-state index in [0.717, 1.165) is 27.8 Å². The van der Waals surface area contributed by atoms with E-state index in [2.05, 4.69) is 20.9 Å². The molecule has 2 aromatic rings. The molecule has 0 saturated heterocycles. The highest BCUT2D eigenvalue weighted by Gasteiger charge is 2.07. The molecule has 3 nitrogen and oxygen atoms in total. The predicted octanol–water partition coefficient (Wildman–Crippen LogP) is 2.15. The summed E-state index contributed by atoms with van der Waals surface area (Å²) in [5.74, 6) is 0. The third kappa shape index (κ3) is 1.46. The third-order valence-corrected chi connectivity index (χ3v) is 2.63. The van der Waals surface area contributed by atoms with Gasteiger partial charge in [-0.3, -0.25) is 0 Å². The second-order valence-corrected chi connectivity index (χ2v) is 4.01. The van der Waals surface area contributed by atoms with Crippen LogP contribution in [-0.2, 0) is 11.2 Å². The van der Waals surface area contributed by atoms with E-state index in [0.29, 0.717) is 6.42 Å². The number of aryl methyl sites for hydroxylation is 1.